The van der Waals surface area contributed by atoms with Gasteiger partial charge in [-0.25, -0.2) is 4.98 Å². The molecule has 342 valence electrons. The number of nitrogens with zero attached hydrogens (tertiary/aromatic N) is 7. The molecule has 9 rings (SSSR count). The fourth-order valence-corrected chi connectivity index (χ4v) is 8.82. The Labute approximate surface area is 387 Å². The molecule has 1 atom stereocenters. The van der Waals surface area contributed by atoms with E-state index in [9.17, 15) is 24.0 Å². The molecule has 6 heterocycles. The number of aliphatic imine (C=N–C) groups is 1. The van der Waals surface area contributed by atoms with Gasteiger partial charge in [-0.1, -0.05) is 18.2 Å². The first-order chi connectivity index (χ1) is 32.0. The number of ketones is 1. The van der Waals surface area contributed by atoms with Crippen molar-refractivity contribution in [2.45, 2.75) is 65.0 Å². The second-order valence-electron chi connectivity index (χ2n) is 18.3. The van der Waals surface area contributed by atoms with Crippen LogP contribution in [0.15, 0.2) is 103 Å². The summed E-state index contributed by atoms with van der Waals surface area (Å²) in [6.07, 6.45) is 9.77. The predicted molar refractivity (Wildman–Crippen MR) is 258 cm³/mol. The van der Waals surface area contributed by atoms with Gasteiger partial charge in [0.2, 0.25) is 11.7 Å². The van der Waals surface area contributed by atoms with Crippen LogP contribution in [0.4, 0.5) is 28.6 Å². The second-order valence-corrected chi connectivity index (χ2v) is 18.3. The molecule has 16 heteroatoms. The summed E-state index contributed by atoms with van der Waals surface area (Å²) in [6.45, 7) is 8.40. The molecule has 3 aromatic carbocycles. The number of aromatic nitrogens is 5. The van der Waals surface area contributed by atoms with Gasteiger partial charge in [-0.15, -0.1) is 0 Å². The third-order valence-electron chi connectivity index (χ3n) is 11.9. The van der Waals surface area contributed by atoms with Crippen molar-refractivity contribution in [3.63, 3.8) is 0 Å². The summed E-state index contributed by atoms with van der Waals surface area (Å²) in [4.78, 5) is 78.2. The summed E-state index contributed by atoms with van der Waals surface area (Å²) in [6, 6.07) is 22.4. The molecule has 0 spiro atoms. The molecule has 16 nitrogen and oxygen atoms in total. The number of benzene rings is 3. The largest absolute Gasteiger partial charge is 0.493 e. The lowest BCUT2D eigenvalue weighted by Gasteiger charge is -2.22. The van der Waals surface area contributed by atoms with Gasteiger partial charge >= 0.3 is 0 Å². The molecule has 3 N–H and O–H groups in total. The first-order valence-electron chi connectivity index (χ1n) is 22.2. The van der Waals surface area contributed by atoms with Crippen LogP contribution in [-0.4, -0.2) is 77.1 Å². The van der Waals surface area contributed by atoms with Gasteiger partial charge in [0.05, 0.1) is 35.1 Å². The van der Waals surface area contributed by atoms with Crippen LogP contribution in [-0.2, 0) is 38.8 Å². The maximum atomic E-state index is 13.7. The topological polar surface area (TPSA) is 179 Å². The van der Waals surface area contributed by atoms with Crippen molar-refractivity contribution in [2.24, 2.45) is 26.1 Å². The SMILES string of the molecule is Cc1cc2c(cc1OCCCC(=O)Nc1cn(C)c(C(=O)Cc3cc(C(=O)Nc4cc(C(=O)n5ccc6cc(NC(C)(C)C)ccc65)n(C)c4)n(C)c3)n1)N=C[C@@H]1Cc3ccccc3N1C2=O. The van der Waals surface area contributed by atoms with Crippen molar-refractivity contribution in [1.82, 2.24) is 23.3 Å². The van der Waals surface area contributed by atoms with Crippen LogP contribution < -0.4 is 25.6 Å². The van der Waals surface area contributed by atoms with Crippen molar-refractivity contribution >= 4 is 75.1 Å². The van der Waals surface area contributed by atoms with Crippen molar-refractivity contribution in [2.75, 3.05) is 27.5 Å². The zero-order chi connectivity index (χ0) is 47.3. The van der Waals surface area contributed by atoms with Crippen LogP contribution in [0.3, 0.4) is 0 Å². The number of imidazole rings is 1. The number of rotatable bonds is 13. The van der Waals surface area contributed by atoms with E-state index in [1.165, 1.54) is 0 Å². The summed E-state index contributed by atoms with van der Waals surface area (Å²) in [5.41, 5.74) is 7.26. The Balaban J connectivity index is 0.764. The van der Waals surface area contributed by atoms with E-state index in [1.54, 1.807) is 82.4 Å². The lowest BCUT2D eigenvalue weighted by Crippen LogP contribution is -2.37. The lowest BCUT2D eigenvalue weighted by molar-refractivity contribution is -0.116. The number of para-hydroxylation sites is 1. The van der Waals surface area contributed by atoms with Crippen molar-refractivity contribution < 1.29 is 28.7 Å². The van der Waals surface area contributed by atoms with E-state index in [0.29, 0.717) is 52.5 Å². The molecule has 2 aliphatic rings. The zero-order valence-electron chi connectivity index (χ0n) is 38.5. The van der Waals surface area contributed by atoms with Crippen LogP contribution >= 0.6 is 0 Å². The minimum Gasteiger partial charge on any atom is -0.493 e. The number of aryl methyl sites for hydroxylation is 4. The standard InChI is InChI=1S/C51H52N10O6/c1-30-19-37-38(52-26-36-23-32-11-8-9-12-40(32)61(36)49(37)65)25-44(30)67-18-10-13-46(63)54-45-29-59(7)47(55-45)43(62)21-31-20-41(57(5)27-31)48(64)53-35-24-42(58(6)28-35)50(66)60-17-16-33-22-34(14-15-39(33)60)56-51(2,3)4/h8-9,11-12,14-17,19-20,22,24-29,36,56H,10,13,18,21,23H2,1-7H3,(H,53,64)(H,54,63)/t36-/m0/s1. The molecule has 3 amide bonds. The Bertz CT molecular complexity index is 3180. The van der Waals surface area contributed by atoms with E-state index in [-0.39, 0.29) is 66.2 Å². The van der Waals surface area contributed by atoms with Crippen molar-refractivity contribution in [3.05, 3.63) is 137 Å². The Morgan fingerprint density at radius 3 is 2.45 bits per heavy atom. The average molecular weight is 901 g/mol. The summed E-state index contributed by atoms with van der Waals surface area (Å²) in [5.74, 6) is -0.347. The molecule has 0 saturated carbocycles. The number of carbonyl (C=O) groups excluding carboxylic acids is 5. The van der Waals surface area contributed by atoms with E-state index in [1.807, 2.05) is 72.6 Å². The number of hydrogen-bond acceptors (Lipinski definition) is 9. The number of fused-ring (bicyclic) bond motifs is 5. The van der Waals surface area contributed by atoms with Gasteiger partial charge in [-0.3, -0.25) is 38.4 Å². The molecule has 67 heavy (non-hydrogen) atoms. The fourth-order valence-electron chi connectivity index (χ4n) is 8.82. The molecular weight excluding hydrogens is 849 g/mol. The number of Topliss-reactive ketones (excluding diaryl/α,β-unsaturated/α-hetero) is 1. The van der Waals surface area contributed by atoms with Crippen molar-refractivity contribution in [1.29, 1.82) is 0 Å². The quantitative estimate of drug-likeness (QED) is 0.0769. The molecule has 7 aromatic rings. The van der Waals surface area contributed by atoms with E-state index >= 15 is 0 Å². The van der Waals surface area contributed by atoms with Gasteiger partial charge in [-0.05, 0) is 99.3 Å². The average Bonchev–Trinajstić information content (AvgIpc) is 4.10. The van der Waals surface area contributed by atoms with Gasteiger partial charge in [-0.2, -0.15) is 0 Å². The van der Waals surface area contributed by atoms with Gasteiger partial charge in [0, 0.05) is 99.8 Å². The van der Waals surface area contributed by atoms with E-state index < -0.39 is 5.91 Å². The van der Waals surface area contributed by atoms with Crippen LogP contribution in [0.5, 0.6) is 5.75 Å². The number of anilines is 4. The number of carbonyl (C=O) groups is 5. The van der Waals surface area contributed by atoms with E-state index in [2.05, 4.69) is 46.7 Å². The lowest BCUT2D eigenvalue weighted by atomic mass is 10.1. The summed E-state index contributed by atoms with van der Waals surface area (Å²) < 4.78 is 12.5. The maximum Gasteiger partial charge on any atom is 0.279 e. The van der Waals surface area contributed by atoms with Crippen LogP contribution in [0.1, 0.15) is 92.3 Å². The summed E-state index contributed by atoms with van der Waals surface area (Å²) in [5, 5.41) is 10.0. The Morgan fingerprint density at radius 1 is 0.851 bits per heavy atom. The number of ether oxygens (including phenoxy) is 1. The second kappa shape index (κ2) is 17.4. The maximum absolute atomic E-state index is 13.7. The Morgan fingerprint density at radius 2 is 1.64 bits per heavy atom. The first kappa shape index (κ1) is 44.2. The molecule has 0 fully saturated rings. The summed E-state index contributed by atoms with van der Waals surface area (Å²) >= 11 is 0. The Hall–Kier alpha value is -8.01. The normalized spacial score (nSPS) is 14.1. The molecule has 0 saturated heterocycles. The van der Waals surface area contributed by atoms with Gasteiger partial charge in [0.1, 0.15) is 17.1 Å². The molecule has 0 radical (unpaired) electrons. The Kier molecular flexibility index (Phi) is 11.5. The van der Waals surface area contributed by atoms with Crippen LogP contribution in [0, 0.1) is 6.92 Å². The zero-order valence-corrected chi connectivity index (χ0v) is 38.5. The fraction of sp³-hybridized carbons (Fsp3) is 0.275. The molecule has 2 aliphatic heterocycles. The molecule has 0 bridgehead atoms. The highest BCUT2D eigenvalue weighted by Gasteiger charge is 2.36. The monoisotopic (exact) mass is 900 g/mol. The third kappa shape index (κ3) is 9.02. The predicted octanol–water partition coefficient (Wildman–Crippen LogP) is 8.02. The highest BCUT2D eigenvalue weighted by molar-refractivity contribution is 6.14. The number of nitrogens with one attached hydrogen (secondary N) is 3. The van der Waals surface area contributed by atoms with Crippen LogP contribution in [0.2, 0.25) is 0 Å². The minimum absolute atomic E-state index is 0.0341. The molecule has 4 aromatic heterocycles. The summed E-state index contributed by atoms with van der Waals surface area (Å²) in [7, 11) is 5.14. The van der Waals surface area contributed by atoms with Crippen LogP contribution in [0.25, 0.3) is 10.9 Å². The first-order valence-corrected chi connectivity index (χ1v) is 22.2. The minimum atomic E-state index is -0.408. The van der Waals surface area contributed by atoms with E-state index in [4.69, 9.17) is 4.74 Å². The molecule has 0 unspecified atom stereocenters. The highest BCUT2D eigenvalue weighted by atomic mass is 16.5. The smallest absolute Gasteiger partial charge is 0.279 e. The third-order valence-corrected chi connectivity index (χ3v) is 11.9. The van der Waals surface area contributed by atoms with Crippen molar-refractivity contribution in [3.8, 4) is 5.75 Å². The van der Waals surface area contributed by atoms with E-state index in [0.717, 1.165) is 33.4 Å². The number of amides is 3. The van der Waals surface area contributed by atoms with Gasteiger partial charge < -0.3 is 34.4 Å². The highest BCUT2D eigenvalue weighted by Crippen LogP contribution is 2.38. The number of hydrogen-bond donors (Lipinski definition) is 3. The van der Waals surface area contributed by atoms with Gasteiger partial charge in [0.25, 0.3) is 17.7 Å². The molecular formula is C51H52N10O6. The molecule has 0 aliphatic carbocycles. The van der Waals surface area contributed by atoms with Gasteiger partial charge in [0.15, 0.2) is 11.6 Å².